The van der Waals surface area contributed by atoms with Crippen LogP contribution in [0.2, 0.25) is 0 Å². The summed E-state index contributed by atoms with van der Waals surface area (Å²) in [6.07, 6.45) is 2.18. The topological polar surface area (TPSA) is 98.1 Å². The van der Waals surface area contributed by atoms with Gasteiger partial charge in [-0.25, -0.2) is 0 Å². The second-order valence-corrected chi connectivity index (χ2v) is 10.3. The first-order valence-electron chi connectivity index (χ1n) is 11.3. The molecule has 0 radical (unpaired) electrons. The van der Waals surface area contributed by atoms with Crippen LogP contribution in [0, 0.1) is 20.8 Å². The van der Waals surface area contributed by atoms with Crippen LogP contribution >= 0.6 is 23.1 Å². The summed E-state index contributed by atoms with van der Waals surface area (Å²) in [5, 5.41) is 17.0. The number of hydrogen-bond acceptors (Lipinski definition) is 7. The van der Waals surface area contributed by atoms with E-state index >= 15 is 0 Å². The molecule has 3 aromatic rings. The minimum absolute atomic E-state index is 0.0881. The number of benzene rings is 1. The average molecular weight is 500 g/mol. The Hall–Kier alpha value is -2.69. The van der Waals surface area contributed by atoms with Gasteiger partial charge in [0.25, 0.3) is 0 Å². The number of amides is 2. The molecule has 1 aromatic carbocycles. The first-order chi connectivity index (χ1) is 16.4. The van der Waals surface area contributed by atoms with Gasteiger partial charge in [0.05, 0.1) is 29.8 Å². The Morgan fingerprint density at radius 2 is 2.00 bits per heavy atom. The summed E-state index contributed by atoms with van der Waals surface area (Å²) in [7, 11) is 0. The number of aromatic nitrogens is 3. The fourth-order valence-electron chi connectivity index (χ4n) is 4.06. The van der Waals surface area contributed by atoms with Crippen molar-refractivity contribution in [2.24, 2.45) is 0 Å². The van der Waals surface area contributed by atoms with Gasteiger partial charge in [-0.2, -0.15) is 0 Å². The van der Waals surface area contributed by atoms with Crippen molar-refractivity contribution >= 4 is 40.6 Å². The minimum Gasteiger partial charge on any atom is -0.376 e. The maximum Gasteiger partial charge on any atom is 0.243 e. The van der Waals surface area contributed by atoms with E-state index in [-0.39, 0.29) is 30.2 Å². The number of thioether (sulfide) groups is 1. The number of carbonyl (C=O) groups excluding carboxylic acids is 2. The molecular weight excluding hydrogens is 470 g/mol. The molecule has 2 amide bonds. The fraction of sp³-hybridized carbons (Fsp3) is 0.417. The monoisotopic (exact) mass is 499 g/mol. The molecule has 1 saturated heterocycles. The van der Waals surface area contributed by atoms with E-state index in [2.05, 4.69) is 20.8 Å². The van der Waals surface area contributed by atoms with E-state index in [1.165, 1.54) is 11.8 Å². The molecule has 8 nitrogen and oxygen atoms in total. The quantitative estimate of drug-likeness (QED) is 0.433. The normalized spacial score (nSPS) is 15.4. The van der Waals surface area contributed by atoms with Crippen molar-refractivity contribution in [3.8, 4) is 10.7 Å². The summed E-state index contributed by atoms with van der Waals surface area (Å²) >= 11 is 2.92. The third-order valence-electron chi connectivity index (χ3n) is 5.59. The third-order valence-corrected chi connectivity index (χ3v) is 7.42. The molecule has 3 heterocycles. The molecular formula is C24H29N5O3S2. The van der Waals surface area contributed by atoms with Crippen molar-refractivity contribution in [3.05, 3.63) is 46.3 Å². The number of aryl methyl sites for hydroxylation is 3. The van der Waals surface area contributed by atoms with E-state index in [4.69, 9.17) is 4.74 Å². The SMILES string of the molecule is Cc1cc(C)c(NC(=O)CNC(=O)CSc2nnc(-c3cccs3)n2CC2CCCO2)c(C)c1. The predicted molar refractivity (Wildman–Crippen MR) is 135 cm³/mol. The van der Waals surface area contributed by atoms with Crippen LogP contribution in [0.25, 0.3) is 10.7 Å². The Labute approximate surface area is 207 Å². The Morgan fingerprint density at radius 3 is 2.68 bits per heavy atom. The van der Waals surface area contributed by atoms with Crippen LogP contribution in [-0.2, 0) is 20.9 Å². The van der Waals surface area contributed by atoms with Crippen LogP contribution in [0.3, 0.4) is 0 Å². The van der Waals surface area contributed by atoms with Gasteiger partial charge in [0.2, 0.25) is 11.8 Å². The second-order valence-electron chi connectivity index (χ2n) is 8.42. The molecule has 1 unspecified atom stereocenters. The Morgan fingerprint density at radius 1 is 1.21 bits per heavy atom. The highest BCUT2D eigenvalue weighted by molar-refractivity contribution is 7.99. The van der Waals surface area contributed by atoms with Crippen molar-refractivity contribution in [1.29, 1.82) is 0 Å². The van der Waals surface area contributed by atoms with E-state index in [1.54, 1.807) is 11.3 Å². The molecule has 1 aliphatic heterocycles. The van der Waals surface area contributed by atoms with E-state index in [1.807, 2.05) is 55.0 Å². The largest absolute Gasteiger partial charge is 0.376 e. The van der Waals surface area contributed by atoms with Crippen molar-refractivity contribution in [1.82, 2.24) is 20.1 Å². The van der Waals surface area contributed by atoms with Gasteiger partial charge < -0.3 is 15.4 Å². The summed E-state index contributed by atoms with van der Waals surface area (Å²) in [5.41, 5.74) is 3.94. The molecule has 1 aliphatic rings. The summed E-state index contributed by atoms with van der Waals surface area (Å²) in [6, 6.07) is 8.04. The lowest BCUT2D eigenvalue weighted by molar-refractivity contribution is -0.122. The summed E-state index contributed by atoms with van der Waals surface area (Å²) in [5.74, 6) is 0.442. The molecule has 10 heteroatoms. The third kappa shape index (κ3) is 6.05. The number of ether oxygens (including phenoxy) is 1. The van der Waals surface area contributed by atoms with Gasteiger partial charge in [0.1, 0.15) is 0 Å². The minimum atomic E-state index is -0.255. The van der Waals surface area contributed by atoms with Crippen LogP contribution < -0.4 is 10.6 Å². The lowest BCUT2D eigenvalue weighted by Gasteiger charge is -2.14. The zero-order valence-electron chi connectivity index (χ0n) is 19.6. The molecule has 34 heavy (non-hydrogen) atoms. The Balaban J connectivity index is 1.33. The van der Waals surface area contributed by atoms with Crippen LogP contribution in [0.1, 0.15) is 29.5 Å². The molecule has 0 aliphatic carbocycles. The van der Waals surface area contributed by atoms with E-state index in [0.717, 1.165) is 52.5 Å². The molecule has 2 N–H and O–H groups in total. The number of nitrogens with one attached hydrogen (secondary N) is 2. The van der Waals surface area contributed by atoms with Gasteiger partial charge >= 0.3 is 0 Å². The zero-order valence-corrected chi connectivity index (χ0v) is 21.2. The van der Waals surface area contributed by atoms with Crippen molar-refractivity contribution in [2.45, 2.75) is 51.4 Å². The molecule has 1 fully saturated rings. The van der Waals surface area contributed by atoms with Crippen LogP contribution in [-0.4, -0.2) is 51.6 Å². The Bertz CT molecular complexity index is 1130. The first kappa shape index (κ1) is 24.4. The molecule has 0 bridgehead atoms. The highest BCUT2D eigenvalue weighted by Crippen LogP contribution is 2.29. The van der Waals surface area contributed by atoms with Gasteiger partial charge in [0, 0.05) is 12.3 Å². The number of hydrogen-bond donors (Lipinski definition) is 2. The van der Waals surface area contributed by atoms with Gasteiger partial charge in [-0.05, 0) is 56.2 Å². The molecule has 2 aromatic heterocycles. The predicted octanol–water partition coefficient (Wildman–Crippen LogP) is 3.96. The maximum atomic E-state index is 12.5. The number of carbonyl (C=O) groups is 2. The standard InChI is InChI=1S/C24H29N5O3S2/c1-15-10-16(2)22(17(3)11-15)26-20(30)12-25-21(31)14-34-24-28-27-23(19-7-5-9-33-19)29(24)13-18-6-4-8-32-18/h5,7,9-11,18H,4,6,8,12-14H2,1-3H3,(H,25,31)(H,26,30). The number of anilines is 1. The van der Waals surface area contributed by atoms with Gasteiger partial charge in [-0.3, -0.25) is 14.2 Å². The van der Waals surface area contributed by atoms with Crippen LogP contribution in [0.4, 0.5) is 5.69 Å². The van der Waals surface area contributed by atoms with Gasteiger partial charge in [0.15, 0.2) is 11.0 Å². The van der Waals surface area contributed by atoms with Crippen molar-refractivity contribution in [3.63, 3.8) is 0 Å². The zero-order chi connectivity index (χ0) is 24.1. The van der Waals surface area contributed by atoms with Gasteiger partial charge in [-0.1, -0.05) is 35.5 Å². The molecule has 180 valence electrons. The fourth-order valence-corrected chi connectivity index (χ4v) is 5.56. The number of nitrogens with zero attached hydrogens (tertiary/aromatic N) is 3. The van der Waals surface area contributed by atoms with Crippen LogP contribution in [0.5, 0.6) is 0 Å². The smallest absolute Gasteiger partial charge is 0.243 e. The molecule has 0 spiro atoms. The molecule has 0 saturated carbocycles. The number of rotatable bonds is 9. The second kappa shape index (κ2) is 11.2. The van der Waals surface area contributed by atoms with E-state index in [9.17, 15) is 9.59 Å². The van der Waals surface area contributed by atoms with Crippen molar-refractivity contribution < 1.29 is 14.3 Å². The summed E-state index contributed by atoms with van der Waals surface area (Å²) in [4.78, 5) is 25.9. The van der Waals surface area contributed by atoms with Crippen molar-refractivity contribution in [2.75, 3.05) is 24.2 Å². The highest BCUT2D eigenvalue weighted by atomic mass is 32.2. The lowest BCUT2D eigenvalue weighted by Crippen LogP contribution is -2.34. The maximum absolute atomic E-state index is 12.5. The lowest BCUT2D eigenvalue weighted by atomic mass is 10.1. The molecule has 1 atom stereocenters. The van der Waals surface area contributed by atoms with E-state index < -0.39 is 0 Å². The Kier molecular flexibility index (Phi) is 8.02. The van der Waals surface area contributed by atoms with Crippen LogP contribution in [0.15, 0.2) is 34.8 Å². The molecule has 4 rings (SSSR count). The average Bonchev–Trinajstić information content (AvgIpc) is 3.56. The summed E-state index contributed by atoms with van der Waals surface area (Å²) < 4.78 is 7.85. The number of thiophene rings is 1. The summed E-state index contributed by atoms with van der Waals surface area (Å²) in [6.45, 7) is 7.28. The van der Waals surface area contributed by atoms with Gasteiger partial charge in [-0.15, -0.1) is 21.5 Å². The first-order valence-corrected chi connectivity index (χ1v) is 13.1. The highest BCUT2D eigenvalue weighted by Gasteiger charge is 2.22. The van der Waals surface area contributed by atoms with E-state index in [0.29, 0.717) is 11.7 Å².